The van der Waals surface area contributed by atoms with Crippen LogP contribution >= 0.6 is 0 Å². The van der Waals surface area contributed by atoms with Crippen molar-refractivity contribution in [2.45, 2.75) is 104 Å². The molecule has 0 fully saturated rings. The normalized spacial score (nSPS) is 14.6. The first-order valence-corrected chi connectivity index (χ1v) is 10.6. The largest absolute Gasteiger partial charge is 0.459 e. The lowest BCUT2D eigenvalue weighted by molar-refractivity contribution is 0.0230. The Morgan fingerprint density at radius 2 is 1.56 bits per heavy atom. The fourth-order valence-corrected chi connectivity index (χ4v) is 3.24. The van der Waals surface area contributed by atoms with Crippen LogP contribution in [0.1, 0.15) is 127 Å². The van der Waals surface area contributed by atoms with E-state index in [-0.39, 0.29) is 11.8 Å². The van der Waals surface area contributed by atoms with Crippen molar-refractivity contribution >= 4 is 5.97 Å². The van der Waals surface area contributed by atoms with Gasteiger partial charge in [0.1, 0.15) is 6.58 Å². The van der Waals surface area contributed by atoms with Gasteiger partial charge in [-0.25, -0.2) is 4.79 Å². The van der Waals surface area contributed by atoms with E-state index in [0.717, 1.165) is 36.8 Å². The predicted octanol–water partition coefficient (Wildman–Crippen LogP) is 6.54. The number of rotatable bonds is 11. The Hall–Kier alpha value is -1.35. The highest BCUT2D eigenvalue weighted by atomic mass is 16.5. The van der Waals surface area contributed by atoms with Crippen molar-refractivity contribution in [3.05, 3.63) is 34.4 Å². The van der Waals surface area contributed by atoms with Gasteiger partial charge in [-0.1, -0.05) is 86.3 Å². The van der Waals surface area contributed by atoms with Crippen molar-refractivity contribution < 1.29 is 16.0 Å². The lowest BCUT2D eigenvalue weighted by atomic mass is 9.84. The van der Waals surface area contributed by atoms with Gasteiger partial charge in [-0.3, -0.25) is 0 Å². The van der Waals surface area contributed by atoms with Gasteiger partial charge >= 0.3 is 5.97 Å². The molecular formula is C24H40O3. The van der Waals surface area contributed by atoms with E-state index in [0.29, 0.717) is 17.9 Å². The smallest absolute Gasteiger partial charge is 0.338 e. The molecule has 3 heteroatoms. The fourth-order valence-electron chi connectivity index (χ4n) is 3.24. The first kappa shape index (κ1) is 21.9. The number of aliphatic hydroxyl groups is 1. The van der Waals surface area contributed by atoms with E-state index in [9.17, 15) is 9.90 Å². The van der Waals surface area contributed by atoms with Gasteiger partial charge in [0.25, 0.3) is 0 Å². The third-order valence-corrected chi connectivity index (χ3v) is 5.02. The highest BCUT2D eigenvalue weighted by molar-refractivity contribution is 5.93. The van der Waals surface area contributed by atoms with Crippen LogP contribution in [0, 0.1) is 0 Å². The number of unbranched alkanes of at least 4 members (excludes halogenated alkanes) is 3. The van der Waals surface area contributed by atoms with Crippen molar-refractivity contribution in [2.75, 3.05) is 6.58 Å². The zero-order chi connectivity index (χ0) is 21.4. The van der Waals surface area contributed by atoms with Crippen molar-refractivity contribution in [1.29, 1.82) is 0 Å². The van der Waals surface area contributed by atoms with Crippen molar-refractivity contribution in [3.8, 4) is 0 Å². The second kappa shape index (κ2) is 11.5. The molecule has 1 N–H and O–H groups in total. The summed E-state index contributed by atoms with van der Waals surface area (Å²) in [4.78, 5) is 13.0. The second-order valence-corrected chi connectivity index (χ2v) is 8.50. The quantitative estimate of drug-likeness (QED) is 0.351. The summed E-state index contributed by atoms with van der Waals surface area (Å²) in [5.41, 5.74) is 3.71. The molecule has 0 saturated heterocycles. The number of aliphatic hydroxyl groups excluding tert-OH is 1. The SMILES string of the molecule is [2H]C(OC(=O)c1c(C(C)C)cc(C(C)C)cc1C(C)C)C(O)CCCCCC. The molecule has 1 rings (SSSR count). The van der Waals surface area contributed by atoms with E-state index in [1.54, 1.807) is 0 Å². The summed E-state index contributed by atoms with van der Waals surface area (Å²) in [6.07, 6.45) is 3.66. The maximum absolute atomic E-state index is 13.0. The fraction of sp³-hybridized carbons (Fsp3) is 0.708. The third-order valence-electron chi connectivity index (χ3n) is 5.02. The maximum Gasteiger partial charge on any atom is 0.338 e. The first-order chi connectivity index (χ1) is 13.1. The van der Waals surface area contributed by atoms with Gasteiger partial charge in [0, 0.05) is 0 Å². The van der Waals surface area contributed by atoms with E-state index >= 15 is 0 Å². The van der Waals surface area contributed by atoms with Crippen LogP contribution in [-0.2, 0) is 4.74 Å². The molecule has 0 aliphatic rings. The summed E-state index contributed by atoms with van der Waals surface area (Å²) in [5, 5.41) is 10.2. The minimum atomic E-state index is -1.25. The number of carbonyl (C=O) groups is 1. The molecule has 154 valence electrons. The van der Waals surface area contributed by atoms with Gasteiger partial charge in [0.15, 0.2) is 0 Å². The number of benzene rings is 1. The molecule has 0 heterocycles. The molecule has 0 amide bonds. The number of carbonyl (C=O) groups excluding carboxylic acids is 1. The second-order valence-electron chi connectivity index (χ2n) is 8.50. The molecule has 0 saturated carbocycles. The van der Waals surface area contributed by atoms with E-state index in [1.165, 1.54) is 5.56 Å². The van der Waals surface area contributed by atoms with Crippen molar-refractivity contribution in [3.63, 3.8) is 0 Å². The van der Waals surface area contributed by atoms with Crippen LogP contribution in [0.4, 0.5) is 0 Å². The maximum atomic E-state index is 13.0. The Balaban J connectivity index is 3.08. The highest BCUT2D eigenvalue weighted by Gasteiger charge is 2.23. The van der Waals surface area contributed by atoms with Crippen molar-refractivity contribution in [2.24, 2.45) is 0 Å². The molecule has 27 heavy (non-hydrogen) atoms. The van der Waals surface area contributed by atoms with Crippen molar-refractivity contribution in [1.82, 2.24) is 0 Å². The summed E-state index contributed by atoms with van der Waals surface area (Å²) >= 11 is 0. The van der Waals surface area contributed by atoms with Gasteiger partial charge in [-0.05, 0) is 40.9 Å². The van der Waals surface area contributed by atoms with Crippen LogP contribution in [0.15, 0.2) is 12.1 Å². The van der Waals surface area contributed by atoms with Crippen LogP contribution in [0.3, 0.4) is 0 Å². The minimum absolute atomic E-state index is 0.168. The van der Waals surface area contributed by atoms with E-state index in [2.05, 4.69) is 60.6 Å². The van der Waals surface area contributed by atoms with Gasteiger partial charge < -0.3 is 9.84 Å². The molecule has 1 aromatic carbocycles. The molecule has 1 aromatic rings. The van der Waals surface area contributed by atoms with E-state index in [1.807, 2.05) is 0 Å². The van der Waals surface area contributed by atoms with Crippen LogP contribution in [0.2, 0.25) is 0 Å². The van der Waals surface area contributed by atoms with Gasteiger partial charge in [-0.15, -0.1) is 0 Å². The van der Waals surface area contributed by atoms with E-state index < -0.39 is 18.7 Å². The standard InChI is InChI=1S/C24H40O3/c1-8-9-10-11-12-20(25)15-27-24(26)23-21(17(4)5)13-19(16(2)3)14-22(23)18(6)7/h13-14,16-18,20,25H,8-12,15H2,1-7H3/i15D. The number of esters is 1. The Kier molecular flexibility index (Phi) is 9.33. The molecule has 0 aliphatic carbocycles. The molecule has 2 atom stereocenters. The zero-order valence-electron chi connectivity index (χ0n) is 19.3. The van der Waals surface area contributed by atoms with Crippen LogP contribution in [-0.4, -0.2) is 23.8 Å². The zero-order valence-corrected chi connectivity index (χ0v) is 18.3. The molecule has 3 nitrogen and oxygen atoms in total. The first-order valence-electron chi connectivity index (χ1n) is 11.2. The van der Waals surface area contributed by atoms with Gasteiger partial charge in [0.05, 0.1) is 13.0 Å². The summed E-state index contributed by atoms with van der Waals surface area (Å²) in [6, 6.07) is 4.19. The molecule has 0 aromatic heterocycles. The molecule has 2 unspecified atom stereocenters. The van der Waals surface area contributed by atoms with Gasteiger partial charge in [-0.2, -0.15) is 0 Å². The summed E-state index contributed by atoms with van der Waals surface area (Å²) in [6.45, 7) is 13.5. The Morgan fingerprint density at radius 3 is 2.00 bits per heavy atom. The van der Waals surface area contributed by atoms with E-state index in [4.69, 9.17) is 6.11 Å². The Morgan fingerprint density at radius 1 is 1.00 bits per heavy atom. The molecule has 0 aliphatic heterocycles. The molecular weight excluding hydrogens is 336 g/mol. The summed E-state index contributed by atoms with van der Waals surface area (Å²) in [5.74, 6) is 0.216. The van der Waals surface area contributed by atoms with Crippen LogP contribution in [0.5, 0.6) is 0 Å². The molecule has 0 bridgehead atoms. The molecule has 0 radical (unpaired) electrons. The van der Waals surface area contributed by atoms with Gasteiger partial charge in [0.2, 0.25) is 0 Å². The third kappa shape index (κ3) is 7.29. The average molecular weight is 378 g/mol. The average Bonchev–Trinajstić information content (AvgIpc) is 2.63. The number of ether oxygens (including phenoxy) is 1. The Bertz CT molecular complexity index is 593. The lowest BCUT2D eigenvalue weighted by Crippen LogP contribution is -2.21. The highest BCUT2D eigenvalue weighted by Crippen LogP contribution is 2.32. The number of hydrogen-bond acceptors (Lipinski definition) is 3. The molecule has 0 spiro atoms. The van der Waals surface area contributed by atoms with Crippen LogP contribution < -0.4 is 0 Å². The topological polar surface area (TPSA) is 46.5 Å². The monoisotopic (exact) mass is 377 g/mol. The lowest BCUT2D eigenvalue weighted by Gasteiger charge is -2.22. The number of hydrogen-bond donors (Lipinski definition) is 1. The summed E-state index contributed by atoms with van der Waals surface area (Å²) in [7, 11) is 0. The Labute approximate surface area is 167 Å². The van der Waals surface area contributed by atoms with Crippen LogP contribution in [0.25, 0.3) is 0 Å². The predicted molar refractivity (Wildman–Crippen MR) is 114 cm³/mol. The summed E-state index contributed by atoms with van der Waals surface area (Å²) < 4.78 is 13.5. The minimum Gasteiger partial charge on any atom is -0.459 e.